The Bertz CT molecular complexity index is 354. The first kappa shape index (κ1) is 14.6. The molecule has 0 aromatic rings. The van der Waals surface area contributed by atoms with Gasteiger partial charge in [0.1, 0.15) is 12.3 Å². The van der Waals surface area contributed by atoms with Crippen molar-refractivity contribution in [2.24, 2.45) is 23.7 Å². The average Bonchev–Trinajstić information content (AvgIpc) is 2.67. The van der Waals surface area contributed by atoms with E-state index in [0.717, 1.165) is 6.42 Å². The summed E-state index contributed by atoms with van der Waals surface area (Å²) in [7, 11) is 0. The second-order valence-electron chi connectivity index (χ2n) is 6.82. The van der Waals surface area contributed by atoms with Crippen molar-refractivity contribution in [3.05, 3.63) is 0 Å². The van der Waals surface area contributed by atoms with E-state index in [4.69, 9.17) is 4.74 Å². The monoisotopic (exact) mass is 294 g/mol. The van der Waals surface area contributed by atoms with Crippen LogP contribution in [0.1, 0.15) is 39.0 Å². The Hall–Kier alpha value is -0.320. The summed E-state index contributed by atoms with van der Waals surface area (Å²) in [6, 6.07) is 0. The van der Waals surface area contributed by atoms with Crippen molar-refractivity contribution in [2.75, 3.05) is 6.61 Å². The first-order valence-electron chi connectivity index (χ1n) is 7.68. The fourth-order valence-corrected chi connectivity index (χ4v) is 4.45. The molecule has 5 heteroatoms. The van der Waals surface area contributed by atoms with E-state index >= 15 is 0 Å². The van der Waals surface area contributed by atoms with Crippen molar-refractivity contribution >= 4 is 0 Å². The first-order chi connectivity index (χ1) is 9.41. The quantitative estimate of drug-likeness (QED) is 0.660. The molecule has 3 fully saturated rings. The minimum atomic E-state index is -3.09. The van der Waals surface area contributed by atoms with Crippen molar-refractivity contribution in [3.8, 4) is 0 Å². The number of ether oxygens (including phenoxy) is 1. The lowest BCUT2D eigenvalue weighted by Crippen LogP contribution is -2.46. The number of alkyl halides is 4. The van der Waals surface area contributed by atoms with Crippen LogP contribution in [0, 0.1) is 23.7 Å². The molecule has 0 amide bonds. The second kappa shape index (κ2) is 5.15. The van der Waals surface area contributed by atoms with Crippen LogP contribution >= 0.6 is 0 Å². The molecule has 0 radical (unpaired) electrons. The first-order valence-corrected chi connectivity index (χ1v) is 7.68. The molecule has 1 heterocycles. The van der Waals surface area contributed by atoms with Gasteiger partial charge in [0, 0.05) is 5.92 Å². The Morgan fingerprint density at radius 2 is 1.70 bits per heavy atom. The third kappa shape index (κ3) is 2.26. The van der Waals surface area contributed by atoms with Crippen LogP contribution in [0.4, 0.5) is 17.6 Å². The topological polar surface area (TPSA) is 9.23 Å². The second-order valence-corrected chi connectivity index (χ2v) is 6.82. The minimum absolute atomic E-state index is 0.0866. The van der Waals surface area contributed by atoms with Crippen LogP contribution in [-0.2, 0) is 4.74 Å². The molecule has 0 spiro atoms. The largest absolute Gasteiger partial charge is 0.378 e. The Kier molecular flexibility index (Phi) is 3.76. The Morgan fingerprint density at radius 1 is 1.00 bits per heavy atom. The van der Waals surface area contributed by atoms with Gasteiger partial charge in [0.2, 0.25) is 0 Å². The molecular weight excluding hydrogens is 272 g/mol. The molecule has 1 aliphatic heterocycles. The number of fused-ring (bicyclic) bond motifs is 1. The lowest BCUT2D eigenvalue weighted by atomic mass is 9.78. The summed E-state index contributed by atoms with van der Waals surface area (Å²) in [5, 5.41) is 0. The van der Waals surface area contributed by atoms with E-state index in [1.54, 1.807) is 0 Å². The van der Waals surface area contributed by atoms with Crippen molar-refractivity contribution in [3.63, 3.8) is 0 Å². The molecule has 2 saturated carbocycles. The molecule has 3 aliphatic rings. The molecule has 0 N–H and O–H groups in total. The van der Waals surface area contributed by atoms with Gasteiger partial charge < -0.3 is 4.74 Å². The fraction of sp³-hybridized carbons (Fsp3) is 1.00. The number of hydrogen-bond donors (Lipinski definition) is 0. The highest BCUT2D eigenvalue weighted by atomic mass is 19.3. The summed E-state index contributed by atoms with van der Waals surface area (Å²) < 4.78 is 62.1. The Balaban J connectivity index is 1.77. The van der Waals surface area contributed by atoms with E-state index in [0.29, 0.717) is 25.9 Å². The van der Waals surface area contributed by atoms with Crippen molar-refractivity contribution < 1.29 is 22.3 Å². The summed E-state index contributed by atoms with van der Waals surface area (Å²) in [6.45, 7) is 2.27. The SMILES string of the molecule is CC1CC[C@@H](C2CC3CCC(F)C(F)C3C2(F)F)CO1. The van der Waals surface area contributed by atoms with Crippen LogP contribution < -0.4 is 0 Å². The minimum Gasteiger partial charge on any atom is -0.378 e. The van der Waals surface area contributed by atoms with Crippen molar-refractivity contribution in [2.45, 2.75) is 63.4 Å². The highest BCUT2D eigenvalue weighted by molar-refractivity contribution is 5.05. The van der Waals surface area contributed by atoms with Gasteiger partial charge in [-0.1, -0.05) is 0 Å². The average molecular weight is 294 g/mol. The molecule has 20 heavy (non-hydrogen) atoms. The van der Waals surface area contributed by atoms with E-state index < -0.39 is 30.1 Å². The molecule has 1 saturated heterocycles. The zero-order valence-corrected chi connectivity index (χ0v) is 11.7. The van der Waals surface area contributed by atoms with Gasteiger partial charge >= 0.3 is 0 Å². The molecule has 7 atom stereocenters. The maximum atomic E-state index is 14.6. The summed E-state index contributed by atoms with van der Waals surface area (Å²) in [5.41, 5.74) is 0. The summed E-state index contributed by atoms with van der Waals surface area (Å²) in [5.74, 6) is -5.93. The fourth-order valence-electron chi connectivity index (χ4n) is 4.45. The molecule has 0 aromatic heterocycles. The zero-order valence-electron chi connectivity index (χ0n) is 11.7. The lowest BCUT2D eigenvalue weighted by Gasteiger charge is -2.37. The van der Waals surface area contributed by atoms with Crippen LogP contribution in [-0.4, -0.2) is 31.0 Å². The molecular formula is C15H22F4O. The summed E-state index contributed by atoms with van der Waals surface area (Å²) in [4.78, 5) is 0. The number of halogens is 4. The Labute approximate surface area is 117 Å². The van der Waals surface area contributed by atoms with E-state index in [-0.39, 0.29) is 24.4 Å². The molecule has 6 unspecified atom stereocenters. The standard InChI is InChI=1S/C15H22F4O/c1-8-2-3-10(7-20-8)11-6-9-4-5-12(16)14(17)13(9)15(11,18)19/h8-14H,2-7H2,1H3/t8?,9?,10-,11?,12?,13?,14?/m1/s1. The third-order valence-corrected chi connectivity index (χ3v) is 5.61. The van der Waals surface area contributed by atoms with E-state index in [1.165, 1.54) is 0 Å². The highest BCUT2D eigenvalue weighted by Gasteiger charge is 2.64. The van der Waals surface area contributed by atoms with Crippen molar-refractivity contribution in [1.82, 2.24) is 0 Å². The summed E-state index contributed by atoms with van der Waals surface area (Å²) in [6.07, 6.45) is -1.32. The van der Waals surface area contributed by atoms with Gasteiger partial charge in [0.05, 0.1) is 18.6 Å². The Morgan fingerprint density at radius 3 is 2.35 bits per heavy atom. The lowest BCUT2D eigenvalue weighted by molar-refractivity contribution is -0.150. The van der Waals surface area contributed by atoms with Gasteiger partial charge in [-0.25, -0.2) is 17.6 Å². The molecule has 0 aromatic carbocycles. The smallest absolute Gasteiger partial charge is 0.257 e. The van der Waals surface area contributed by atoms with Gasteiger partial charge in [-0.05, 0) is 50.9 Å². The third-order valence-electron chi connectivity index (χ3n) is 5.61. The summed E-state index contributed by atoms with van der Waals surface area (Å²) >= 11 is 0. The van der Waals surface area contributed by atoms with Crippen LogP contribution in [0.15, 0.2) is 0 Å². The van der Waals surface area contributed by atoms with E-state index in [1.807, 2.05) is 6.92 Å². The van der Waals surface area contributed by atoms with Crippen molar-refractivity contribution in [1.29, 1.82) is 0 Å². The molecule has 3 rings (SSSR count). The zero-order chi connectivity index (χ0) is 14.5. The maximum absolute atomic E-state index is 14.6. The van der Waals surface area contributed by atoms with Gasteiger partial charge in [-0.2, -0.15) is 0 Å². The molecule has 1 nitrogen and oxygen atoms in total. The predicted octanol–water partition coefficient (Wildman–Crippen LogP) is 4.16. The van der Waals surface area contributed by atoms with Gasteiger partial charge in [0.25, 0.3) is 5.92 Å². The number of rotatable bonds is 1. The van der Waals surface area contributed by atoms with Crippen LogP contribution in [0.25, 0.3) is 0 Å². The predicted molar refractivity (Wildman–Crippen MR) is 67.2 cm³/mol. The van der Waals surface area contributed by atoms with E-state index in [2.05, 4.69) is 0 Å². The molecule has 2 aliphatic carbocycles. The van der Waals surface area contributed by atoms with Gasteiger partial charge in [0.15, 0.2) is 0 Å². The van der Waals surface area contributed by atoms with Gasteiger partial charge in [-0.15, -0.1) is 0 Å². The molecule has 116 valence electrons. The van der Waals surface area contributed by atoms with Crippen LogP contribution in [0.5, 0.6) is 0 Å². The van der Waals surface area contributed by atoms with Crippen LogP contribution in [0.2, 0.25) is 0 Å². The number of hydrogen-bond acceptors (Lipinski definition) is 1. The maximum Gasteiger partial charge on any atom is 0.257 e. The van der Waals surface area contributed by atoms with Gasteiger partial charge in [-0.3, -0.25) is 0 Å². The van der Waals surface area contributed by atoms with Crippen LogP contribution in [0.3, 0.4) is 0 Å². The highest BCUT2D eigenvalue weighted by Crippen LogP contribution is 2.58. The van der Waals surface area contributed by atoms with E-state index in [9.17, 15) is 17.6 Å². The molecule has 0 bridgehead atoms. The normalized spacial score (nSPS) is 51.8.